The predicted molar refractivity (Wildman–Crippen MR) is 90.3 cm³/mol. The number of nitrogen functional groups attached to an aromatic ring is 1. The molecule has 1 aliphatic heterocycles. The van der Waals surface area contributed by atoms with Gasteiger partial charge in [0.1, 0.15) is 5.00 Å². The van der Waals surface area contributed by atoms with Gasteiger partial charge in [0.15, 0.2) is 5.78 Å². The van der Waals surface area contributed by atoms with E-state index in [1.54, 1.807) is 23.1 Å². The Morgan fingerprint density at radius 3 is 2.70 bits per heavy atom. The van der Waals surface area contributed by atoms with Crippen LogP contribution in [0.4, 0.5) is 10.7 Å². The summed E-state index contributed by atoms with van der Waals surface area (Å²) in [7, 11) is 0. The van der Waals surface area contributed by atoms with Gasteiger partial charge in [-0.05, 0) is 24.5 Å². The number of nitrogens with zero attached hydrogens (tertiary/aromatic N) is 1. The van der Waals surface area contributed by atoms with Crippen LogP contribution in [-0.4, -0.2) is 25.1 Å². The Morgan fingerprint density at radius 1 is 1.45 bits per heavy atom. The fourth-order valence-electron chi connectivity index (χ4n) is 2.64. The number of piperidine rings is 1. The van der Waals surface area contributed by atoms with Crippen molar-refractivity contribution in [2.75, 3.05) is 30.0 Å². The Hall–Kier alpha value is -0.680. The average molecular weight is 313 g/mol. The van der Waals surface area contributed by atoms with Crippen molar-refractivity contribution < 1.29 is 4.79 Å². The number of thioether (sulfide) groups is 1. The van der Waals surface area contributed by atoms with Gasteiger partial charge < -0.3 is 10.6 Å². The van der Waals surface area contributed by atoms with E-state index in [0.29, 0.717) is 18.0 Å². The number of nitrogens with two attached hydrogens (primary N) is 1. The smallest absolute Gasteiger partial charge is 0.174 e. The van der Waals surface area contributed by atoms with E-state index in [2.05, 4.69) is 18.7 Å². The molecule has 2 heterocycles. The summed E-state index contributed by atoms with van der Waals surface area (Å²) in [5.74, 6) is 1.62. The topological polar surface area (TPSA) is 46.3 Å². The van der Waals surface area contributed by atoms with Crippen molar-refractivity contribution in [3.05, 3.63) is 4.88 Å². The lowest BCUT2D eigenvalue weighted by Crippen LogP contribution is -2.38. The molecule has 3 nitrogen and oxygen atoms in total. The molecular formula is C15H24N2OS2. The maximum Gasteiger partial charge on any atom is 0.174 e. The third-order valence-corrected chi connectivity index (χ3v) is 6.54. The summed E-state index contributed by atoms with van der Waals surface area (Å²) >= 11 is 3.24. The monoisotopic (exact) mass is 312 g/mol. The van der Waals surface area contributed by atoms with Crippen molar-refractivity contribution in [2.24, 2.45) is 11.8 Å². The van der Waals surface area contributed by atoms with Crippen LogP contribution in [0.1, 0.15) is 43.3 Å². The molecule has 2 N–H and O–H groups in total. The quantitative estimate of drug-likeness (QED) is 0.671. The Bertz CT molecular complexity index is 498. The van der Waals surface area contributed by atoms with Gasteiger partial charge in [0, 0.05) is 19.5 Å². The van der Waals surface area contributed by atoms with Crippen molar-refractivity contribution >= 4 is 39.6 Å². The van der Waals surface area contributed by atoms with Crippen LogP contribution in [0, 0.1) is 11.8 Å². The van der Waals surface area contributed by atoms with Crippen LogP contribution < -0.4 is 10.6 Å². The molecule has 0 aromatic carbocycles. The molecule has 0 saturated carbocycles. The first kappa shape index (κ1) is 15.7. The van der Waals surface area contributed by atoms with Crippen LogP contribution in [0.3, 0.4) is 0 Å². The van der Waals surface area contributed by atoms with Gasteiger partial charge >= 0.3 is 0 Å². The zero-order valence-corrected chi connectivity index (χ0v) is 14.4. The number of carbonyl (C=O) groups excluding carboxylic acids is 1. The molecular weight excluding hydrogens is 288 g/mol. The Labute approximate surface area is 129 Å². The molecule has 1 aliphatic rings. The highest BCUT2D eigenvalue weighted by Crippen LogP contribution is 2.45. The van der Waals surface area contributed by atoms with Crippen LogP contribution in [0.5, 0.6) is 0 Å². The van der Waals surface area contributed by atoms with Gasteiger partial charge in [-0.3, -0.25) is 4.79 Å². The van der Waals surface area contributed by atoms with Crippen LogP contribution >= 0.6 is 23.1 Å². The van der Waals surface area contributed by atoms with Crippen LogP contribution in [0.2, 0.25) is 0 Å². The van der Waals surface area contributed by atoms with Gasteiger partial charge in [0.25, 0.3) is 0 Å². The third-order valence-electron chi connectivity index (χ3n) is 4.28. The van der Waals surface area contributed by atoms with Crippen molar-refractivity contribution in [1.29, 1.82) is 0 Å². The minimum absolute atomic E-state index is 0.160. The highest BCUT2D eigenvalue weighted by atomic mass is 32.2. The number of thiophene rings is 1. The van der Waals surface area contributed by atoms with Crippen molar-refractivity contribution in [2.45, 2.75) is 38.5 Å². The fraction of sp³-hybridized carbons (Fsp3) is 0.667. The second kappa shape index (κ2) is 6.39. The molecule has 0 bridgehead atoms. The number of hydrogen-bond donors (Lipinski definition) is 1. The van der Waals surface area contributed by atoms with E-state index in [4.69, 9.17) is 5.73 Å². The molecule has 0 aliphatic carbocycles. The molecule has 5 heteroatoms. The zero-order chi connectivity index (χ0) is 14.9. The summed E-state index contributed by atoms with van der Waals surface area (Å²) in [6.07, 6.45) is 3.77. The average Bonchev–Trinajstić information content (AvgIpc) is 2.78. The van der Waals surface area contributed by atoms with Crippen molar-refractivity contribution in [1.82, 2.24) is 0 Å². The largest absolute Gasteiger partial charge is 0.396 e. The zero-order valence-electron chi connectivity index (χ0n) is 12.7. The Morgan fingerprint density at radius 2 is 2.15 bits per heavy atom. The van der Waals surface area contributed by atoms with E-state index in [-0.39, 0.29) is 5.78 Å². The number of anilines is 2. The second-order valence-corrected chi connectivity index (χ2v) is 7.46. The first-order valence-electron chi connectivity index (χ1n) is 7.23. The lowest BCUT2D eigenvalue weighted by molar-refractivity contribution is 0.0992. The number of carbonyl (C=O) groups is 1. The summed E-state index contributed by atoms with van der Waals surface area (Å²) < 4.78 is 0. The molecule has 1 fully saturated rings. The van der Waals surface area contributed by atoms with Crippen LogP contribution in [0.25, 0.3) is 0 Å². The lowest BCUT2D eigenvalue weighted by atomic mass is 9.89. The first-order valence-corrected chi connectivity index (χ1v) is 9.28. The van der Waals surface area contributed by atoms with Crippen molar-refractivity contribution in [3.63, 3.8) is 0 Å². The molecule has 1 aromatic heterocycles. The maximum atomic E-state index is 12.0. The lowest BCUT2D eigenvalue weighted by Gasteiger charge is -2.36. The normalized spacial score (nSPS) is 23.1. The molecule has 2 unspecified atom stereocenters. The van der Waals surface area contributed by atoms with E-state index in [9.17, 15) is 4.79 Å². The molecule has 2 atom stereocenters. The summed E-state index contributed by atoms with van der Waals surface area (Å²) in [5, 5.41) is 1.20. The number of rotatable bonds is 4. The van der Waals surface area contributed by atoms with E-state index in [0.717, 1.165) is 28.8 Å². The number of Topliss-reactive ketones (excluding diaryl/α,β-unsaturated/α-hetero) is 1. The third kappa shape index (κ3) is 2.84. The van der Waals surface area contributed by atoms with E-state index >= 15 is 0 Å². The molecule has 0 amide bonds. The summed E-state index contributed by atoms with van der Waals surface area (Å²) in [5.41, 5.74) is 6.89. The van der Waals surface area contributed by atoms with Gasteiger partial charge in [-0.2, -0.15) is 0 Å². The summed E-state index contributed by atoms with van der Waals surface area (Å²) in [6, 6.07) is 0. The van der Waals surface area contributed by atoms with E-state index < -0.39 is 0 Å². The Balaban J connectivity index is 2.34. The van der Waals surface area contributed by atoms with Crippen LogP contribution in [-0.2, 0) is 0 Å². The number of hydrogen-bond acceptors (Lipinski definition) is 5. The van der Waals surface area contributed by atoms with Gasteiger partial charge in [-0.15, -0.1) is 23.1 Å². The second-order valence-electron chi connectivity index (χ2n) is 5.65. The highest BCUT2D eigenvalue weighted by Gasteiger charge is 2.28. The van der Waals surface area contributed by atoms with E-state index in [1.165, 1.54) is 11.4 Å². The molecule has 0 radical (unpaired) electrons. The first-order chi connectivity index (χ1) is 9.49. The van der Waals surface area contributed by atoms with E-state index in [1.807, 2.05) is 13.2 Å². The predicted octanol–water partition coefficient (Wildman–Crippen LogP) is 4.13. The summed E-state index contributed by atoms with van der Waals surface area (Å²) in [6.45, 7) is 8.66. The van der Waals surface area contributed by atoms with Gasteiger partial charge in [0.05, 0.1) is 15.5 Å². The number of ketones is 1. The standard InChI is InChI=1S/C15H24N2OS2/c1-5-11(18)13-12(16)14(19-4)15(20-13)17-7-6-9(2)10(3)8-17/h9-10H,5-8,16H2,1-4H3. The molecule has 0 spiro atoms. The SMILES string of the molecule is CCC(=O)c1sc(N2CCC(C)C(C)C2)c(SC)c1N. The maximum absolute atomic E-state index is 12.0. The molecule has 20 heavy (non-hydrogen) atoms. The molecule has 112 valence electrons. The highest BCUT2D eigenvalue weighted by molar-refractivity contribution is 7.99. The summed E-state index contributed by atoms with van der Waals surface area (Å²) in [4.78, 5) is 16.3. The minimum atomic E-state index is 0.160. The minimum Gasteiger partial charge on any atom is -0.396 e. The van der Waals surface area contributed by atoms with Gasteiger partial charge in [-0.25, -0.2) is 0 Å². The Kier molecular flexibility index (Phi) is 5.02. The molecule has 2 rings (SSSR count). The van der Waals surface area contributed by atoms with Gasteiger partial charge in [0.2, 0.25) is 0 Å². The van der Waals surface area contributed by atoms with Crippen LogP contribution in [0.15, 0.2) is 4.90 Å². The van der Waals surface area contributed by atoms with Crippen molar-refractivity contribution in [3.8, 4) is 0 Å². The molecule has 1 aromatic rings. The fourth-order valence-corrected chi connectivity index (χ4v) is 4.86. The molecule has 1 saturated heterocycles. The van der Waals surface area contributed by atoms with Gasteiger partial charge in [-0.1, -0.05) is 20.8 Å².